The van der Waals surface area contributed by atoms with Gasteiger partial charge in [0.15, 0.2) is 0 Å². The Morgan fingerprint density at radius 2 is 0.938 bits per heavy atom. The molecule has 0 radical (unpaired) electrons. The van der Waals surface area contributed by atoms with E-state index in [2.05, 4.69) is 21.3 Å². The predicted octanol–water partition coefficient (Wildman–Crippen LogP) is -4.00. The molecule has 0 aromatic rings. The third kappa shape index (κ3) is 20.3. The van der Waals surface area contributed by atoms with E-state index < -0.39 is 0 Å². The zero-order chi connectivity index (χ0) is 24.5. The number of carbonyl (C=O) groups is 4. The molecule has 0 aliphatic heterocycles. The molecule has 0 spiro atoms. The number of hydrogen-bond acceptors (Lipinski definition) is 12. The number of carbonyl (C=O) groups excluding carboxylic acids is 4. The standard InChI is InChI=1S/2C10H22N4O2/c11-2-4-13-9(1-6-15)7-10(8-16)14-5-3-12;11-3-5-13-9(7-15)1-2-10(8-16)14-6-4-12/h6,8-10,13-14H,1-5,7,11-12H2;7-10,13-14H,1-6,11-12H2. The largest absolute Gasteiger partial charge is 0.329 e. The highest BCUT2D eigenvalue weighted by molar-refractivity contribution is 5.59. The molecule has 188 valence electrons. The van der Waals surface area contributed by atoms with Crippen LogP contribution in [0.25, 0.3) is 0 Å². The minimum absolute atomic E-state index is 0.0125. The van der Waals surface area contributed by atoms with Crippen LogP contribution in [0.2, 0.25) is 0 Å². The van der Waals surface area contributed by atoms with Crippen molar-refractivity contribution in [2.75, 3.05) is 52.4 Å². The molecule has 0 bridgehead atoms. The smallest absolute Gasteiger partial charge is 0.136 e. The van der Waals surface area contributed by atoms with E-state index in [4.69, 9.17) is 22.9 Å². The Labute approximate surface area is 191 Å². The maximum absolute atomic E-state index is 10.8. The first-order valence-electron chi connectivity index (χ1n) is 11.1. The lowest BCUT2D eigenvalue weighted by molar-refractivity contribution is -0.111. The fourth-order valence-electron chi connectivity index (χ4n) is 2.76. The quantitative estimate of drug-likeness (QED) is 0.0724. The maximum Gasteiger partial charge on any atom is 0.136 e. The molecule has 12 nitrogen and oxygen atoms in total. The Kier molecular flexibility index (Phi) is 26.1. The Hall–Kier alpha value is -1.64. The van der Waals surface area contributed by atoms with Crippen LogP contribution in [0.4, 0.5) is 0 Å². The summed E-state index contributed by atoms with van der Waals surface area (Å²) in [6.07, 6.45) is 5.57. The highest BCUT2D eigenvalue weighted by atomic mass is 16.1. The van der Waals surface area contributed by atoms with Crippen molar-refractivity contribution in [3.05, 3.63) is 0 Å². The lowest BCUT2D eigenvalue weighted by atomic mass is 10.1. The fraction of sp³-hybridized carbons (Fsp3) is 0.800. The van der Waals surface area contributed by atoms with E-state index in [1.807, 2.05) is 0 Å². The number of rotatable bonds is 22. The highest BCUT2D eigenvalue weighted by Crippen LogP contribution is 2.00. The van der Waals surface area contributed by atoms with Crippen molar-refractivity contribution in [3.8, 4) is 0 Å². The van der Waals surface area contributed by atoms with Gasteiger partial charge < -0.3 is 63.4 Å². The van der Waals surface area contributed by atoms with E-state index in [-0.39, 0.29) is 24.2 Å². The van der Waals surface area contributed by atoms with Crippen LogP contribution in [0, 0.1) is 0 Å². The summed E-state index contributed by atoms with van der Waals surface area (Å²) in [4.78, 5) is 42.6. The summed E-state index contributed by atoms with van der Waals surface area (Å²) in [7, 11) is 0. The second kappa shape index (κ2) is 25.6. The molecule has 0 aromatic carbocycles. The highest BCUT2D eigenvalue weighted by Gasteiger charge is 2.14. The summed E-state index contributed by atoms with van der Waals surface area (Å²) in [6, 6.07) is -0.739. The van der Waals surface area contributed by atoms with Crippen molar-refractivity contribution in [3.63, 3.8) is 0 Å². The van der Waals surface area contributed by atoms with Gasteiger partial charge in [0, 0.05) is 64.8 Å². The Morgan fingerprint density at radius 3 is 1.28 bits per heavy atom. The Bertz CT molecular complexity index is 439. The molecule has 32 heavy (non-hydrogen) atoms. The second-order valence-corrected chi connectivity index (χ2v) is 7.11. The van der Waals surface area contributed by atoms with E-state index in [1.54, 1.807) is 0 Å². The first-order chi connectivity index (χ1) is 15.6. The first kappa shape index (κ1) is 32.5. The average molecular weight is 461 g/mol. The van der Waals surface area contributed by atoms with Crippen LogP contribution in [0.5, 0.6) is 0 Å². The first-order valence-corrected chi connectivity index (χ1v) is 11.1. The summed E-state index contributed by atoms with van der Waals surface area (Å²) in [6.45, 7) is 4.42. The third-order valence-corrected chi connectivity index (χ3v) is 4.43. The van der Waals surface area contributed by atoms with Gasteiger partial charge in [0.25, 0.3) is 0 Å². The topological polar surface area (TPSA) is 220 Å². The Balaban J connectivity index is 0. The molecule has 0 saturated carbocycles. The van der Waals surface area contributed by atoms with Crippen LogP contribution >= 0.6 is 0 Å². The van der Waals surface area contributed by atoms with Gasteiger partial charge in [0.05, 0.1) is 18.1 Å². The van der Waals surface area contributed by atoms with Gasteiger partial charge in [-0.15, -0.1) is 0 Å². The normalized spacial score (nSPS) is 14.4. The SMILES string of the molecule is NCCNC(C=O)CC(CC=O)NCCN.NCCNC(C=O)CCC(C=O)NCCN. The molecule has 0 aliphatic rings. The van der Waals surface area contributed by atoms with Gasteiger partial charge in [0.1, 0.15) is 25.1 Å². The van der Waals surface area contributed by atoms with Gasteiger partial charge in [-0.25, -0.2) is 0 Å². The molecule has 12 heteroatoms. The molecule has 0 amide bonds. The number of nitrogens with two attached hydrogens (primary N) is 4. The van der Waals surface area contributed by atoms with Gasteiger partial charge in [-0.3, -0.25) is 0 Å². The molecule has 0 rings (SSSR count). The molecule has 0 aliphatic carbocycles. The second-order valence-electron chi connectivity index (χ2n) is 7.11. The van der Waals surface area contributed by atoms with Crippen LogP contribution in [-0.4, -0.2) is 102 Å². The zero-order valence-electron chi connectivity index (χ0n) is 19.0. The number of nitrogens with one attached hydrogen (secondary N) is 4. The molecule has 4 atom stereocenters. The van der Waals surface area contributed by atoms with Crippen LogP contribution in [0.3, 0.4) is 0 Å². The predicted molar refractivity (Wildman–Crippen MR) is 126 cm³/mol. The summed E-state index contributed by atoms with van der Waals surface area (Å²) < 4.78 is 0. The number of hydrogen-bond donors (Lipinski definition) is 8. The summed E-state index contributed by atoms with van der Waals surface area (Å²) in [5.41, 5.74) is 21.3. The van der Waals surface area contributed by atoms with E-state index in [9.17, 15) is 19.2 Å². The van der Waals surface area contributed by atoms with Crippen molar-refractivity contribution in [1.29, 1.82) is 0 Å². The minimum Gasteiger partial charge on any atom is -0.329 e. The summed E-state index contributed by atoms with van der Waals surface area (Å²) >= 11 is 0. The van der Waals surface area contributed by atoms with Gasteiger partial charge in [-0.2, -0.15) is 0 Å². The third-order valence-electron chi connectivity index (χ3n) is 4.43. The van der Waals surface area contributed by atoms with Crippen LogP contribution in [0.1, 0.15) is 25.7 Å². The fourth-order valence-corrected chi connectivity index (χ4v) is 2.76. The van der Waals surface area contributed by atoms with E-state index in [0.29, 0.717) is 78.0 Å². The molecule has 0 fully saturated rings. The molecular weight excluding hydrogens is 416 g/mol. The van der Waals surface area contributed by atoms with Crippen molar-refractivity contribution < 1.29 is 19.2 Å². The van der Waals surface area contributed by atoms with Crippen molar-refractivity contribution in [2.24, 2.45) is 22.9 Å². The lowest BCUT2D eigenvalue weighted by Gasteiger charge is -2.20. The molecular formula is C20H44N8O4. The van der Waals surface area contributed by atoms with Crippen molar-refractivity contribution in [1.82, 2.24) is 21.3 Å². The van der Waals surface area contributed by atoms with E-state index >= 15 is 0 Å². The van der Waals surface area contributed by atoms with Crippen LogP contribution in [-0.2, 0) is 19.2 Å². The molecule has 0 aromatic heterocycles. The monoisotopic (exact) mass is 460 g/mol. The van der Waals surface area contributed by atoms with Crippen molar-refractivity contribution in [2.45, 2.75) is 49.9 Å². The Morgan fingerprint density at radius 1 is 0.562 bits per heavy atom. The van der Waals surface area contributed by atoms with Crippen LogP contribution < -0.4 is 44.2 Å². The number of aldehydes is 4. The van der Waals surface area contributed by atoms with Crippen LogP contribution in [0.15, 0.2) is 0 Å². The van der Waals surface area contributed by atoms with Crippen molar-refractivity contribution >= 4 is 25.1 Å². The summed E-state index contributed by atoms with van der Waals surface area (Å²) in [5, 5.41) is 12.1. The maximum atomic E-state index is 10.8. The van der Waals surface area contributed by atoms with Gasteiger partial charge in [-0.05, 0) is 19.3 Å². The molecule has 0 heterocycles. The minimum atomic E-state index is -0.265. The van der Waals surface area contributed by atoms with E-state index in [0.717, 1.165) is 25.1 Å². The molecule has 4 unspecified atom stereocenters. The lowest BCUT2D eigenvalue weighted by Crippen LogP contribution is -2.42. The van der Waals surface area contributed by atoms with Gasteiger partial charge >= 0.3 is 0 Å². The van der Waals surface area contributed by atoms with E-state index in [1.165, 1.54) is 0 Å². The van der Waals surface area contributed by atoms with Gasteiger partial charge in [0.2, 0.25) is 0 Å². The van der Waals surface area contributed by atoms with Gasteiger partial charge in [-0.1, -0.05) is 0 Å². The summed E-state index contributed by atoms with van der Waals surface area (Å²) in [5.74, 6) is 0. The molecule has 0 saturated heterocycles. The average Bonchev–Trinajstić information content (AvgIpc) is 2.82. The molecule has 12 N–H and O–H groups in total. The zero-order valence-corrected chi connectivity index (χ0v) is 19.0.